The van der Waals surface area contributed by atoms with E-state index in [4.69, 9.17) is 10.5 Å². The zero-order valence-electron chi connectivity index (χ0n) is 9.37. The monoisotopic (exact) mass is 244 g/mol. The molecule has 3 N–H and O–H groups in total. The van der Waals surface area contributed by atoms with Gasteiger partial charge in [-0.15, -0.1) is 0 Å². The van der Waals surface area contributed by atoms with E-state index in [1.807, 2.05) is 0 Å². The molecular formula is C11H14F2N2O2. The first-order valence-electron chi connectivity index (χ1n) is 5.13. The molecule has 0 heterocycles. The first-order chi connectivity index (χ1) is 8.04. The van der Waals surface area contributed by atoms with E-state index in [2.05, 4.69) is 5.32 Å². The number of benzene rings is 1. The van der Waals surface area contributed by atoms with E-state index in [0.29, 0.717) is 5.69 Å². The van der Waals surface area contributed by atoms with Gasteiger partial charge in [0, 0.05) is 11.4 Å². The second kappa shape index (κ2) is 6.03. The molecule has 0 spiro atoms. The highest BCUT2D eigenvalue weighted by Crippen LogP contribution is 2.19. The number of nitrogens with two attached hydrogens (primary N) is 1. The molecular weight excluding hydrogens is 230 g/mol. The van der Waals surface area contributed by atoms with Gasteiger partial charge in [0.25, 0.3) is 6.43 Å². The number of halogens is 2. The van der Waals surface area contributed by atoms with E-state index >= 15 is 0 Å². The second-order valence-corrected chi connectivity index (χ2v) is 3.29. The Morgan fingerprint density at radius 1 is 1.53 bits per heavy atom. The summed E-state index contributed by atoms with van der Waals surface area (Å²) in [5.41, 5.74) is 6.43. The highest BCUT2D eigenvalue weighted by molar-refractivity contribution is 5.96. The first kappa shape index (κ1) is 13.2. The molecule has 4 nitrogen and oxygen atoms in total. The van der Waals surface area contributed by atoms with Crippen LogP contribution in [0.1, 0.15) is 17.3 Å². The van der Waals surface area contributed by atoms with Crippen molar-refractivity contribution >= 4 is 17.3 Å². The predicted molar refractivity (Wildman–Crippen MR) is 61.3 cm³/mol. The molecule has 0 aliphatic rings. The highest BCUT2D eigenvalue weighted by atomic mass is 19.3. The molecule has 1 aromatic carbocycles. The van der Waals surface area contributed by atoms with Crippen molar-refractivity contribution in [1.29, 1.82) is 0 Å². The zero-order valence-corrected chi connectivity index (χ0v) is 9.37. The standard InChI is InChI=1S/C11H14F2N2O2/c1-2-17-11(16)8-5-7(3-4-9(8)14)15-6-10(12)13/h3-5,10,15H,2,6,14H2,1H3. The lowest BCUT2D eigenvalue weighted by atomic mass is 10.1. The van der Waals surface area contributed by atoms with E-state index in [1.165, 1.54) is 18.2 Å². The molecule has 0 bridgehead atoms. The van der Waals surface area contributed by atoms with Gasteiger partial charge in [-0.05, 0) is 25.1 Å². The number of carbonyl (C=O) groups is 1. The van der Waals surface area contributed by atoms with Crippen LogP contribution in [0.2, 0.25) is 0 Å². The van der Waals surface area contributed by atoms with Crippen molar-refractivity contribution in [2.45, 2.75) is 13.3 Å². The minimum atomic E-state index is -2.46. The number of nitrogen functional groups attached to an aromatic ring is 1. The number of hydrogen-bond acceptors (Lipinski definition) is 4. The molecule has 1 aromatic rings. The molecule has 94 valence electrons. The van der Waals surface area contributed by atoms with Crippen molar-refractivity contribution in [1.82, 2.24) is 0 Å². The van der Waals surface area contributed by atoms with Gasteiger partial charge in [-0.2, -0.15) is 0 Å². The van der Waals surface area contributed by atoms with Gasteiger partial charge in [-0.1, -0.05) is 0 Å². The van der Waals surface area contributed by atoms with Crippen LogP contribution in [0.25, 0.3) is 0 Å². The Morgan fingerprint density at radius 2 is 2.24 bits per heavy atom. The van der Waals surface area contributed by atoms with Crippen molar-refractivity contribution < 1.29 is 18.3 Å². The minimum absolute atomic E-state index is 0.172. The molecule has 0 saturated carbocycles. The SMILES string of the molecule is CCOC(=O)c1cc(NCC(F)F)ccc1N. The molecule has 0 aromatic heterocycles. The smallest absolute Gasteiger partial charge is 0.340 e. The maximum atomic E-state index is 12.0. The summed E-state index contributed by atoms with van der Waals surface area (Å²) in [5, 5.41) is 2.50. The number of alkyl halides is 2. The van der Waals surface area contributed by atoms with Crippen molar-refractivity contribution in [3.05, 3.63) is 23.8 Å². The minimum Gasteiger partial charge on any atom is -0.462 e. The van der Waals surface area contributed by atoms with Crippen molar-refractivity contribution in [2.75, 3.05) is 24.2 Å². The molecule has 0 aliphatic carbocycles. The summed E-state index contributed by atoms with van der Waals surface area (Å²) in [5.74, 6) is -0.564. The van der Waals surface area contributed by atoms with Crippen LogP contribution in [0.4, 0.5) is 20.2 Å². The summed E-state index contributed by atoms with van der Waals surface area (Å²) in [6.07, 6.45) is -2.46. The summed E-state index contributed by atoms with van der Waals surface area (Å²) >= 11 is 0. The van der Waals surface area contributed by atoms with E-state index in [0.717, 1.165) is 0 Å². The Morgan fingerprint density at radius 3 is 2.82 bits per heavy atom. The molecule has 0 saturated heterocycles. The van der Waals surface area contributed by atoms with E-state index in [-0.39, 0.29) is 17.9 Å². The molecule has 0 fully saturated rings. The average molecular weight is 244 g/mol. The number of esters is 1. The fourth-order valence-electron chi connectivity index (χ4n) is 1.25. The van der Waals surface area contributed by atoms with Gasteiger partial charge < -0.3 is 15.8 Å². The molecule has 17 heavy (non-hydrogen) atoms. The van der Waals surface area contributed by atoms with Crippen LogP contribution in [-0.4, -0.2) is 25.5 Å². The van der Waals surface area contributed by atoms with Gasteiger partial charge >= 0.3 is 5.97 Å². The first-order valence-corrected chi connectivity index (χ1v) is 5.13. The van der Waals surface area contributed by atoms with Gasteiger partial charge in [0.2, 0.25) is 0 Å². The van der Waals surface area contributed by atoms with Crippen LogP contribution in [0, 0.1) is 0 Å². The summed E-state index contributed by atoms with van der Waals surface area (Å²) < 4.78 is 28.8. The predicted octanol–water partition coefficient (Wildman–Crippen LogP) is 2.12. The number of anilines is 2. The molecule has 1 rings (SSSR count). The maximum absolute atomic E-state index is 12.0. The second-order valence-electron chi connectivity index (χ2n) is 3.29. The van der Waals surface area contributed by atoms with Gasteiger partial charge in [0.15, 0.2) is 0 Å². The highest BCUT2D eigenvalue weighted by Gasteiger charge is 2.12. The number of ether oxygens (including phenoxy) is 1. The van der Waals surface area contributed by atoms with Gasteiger partial charge in [-0.3, -0.25) is 0 Å². The number of carbonyl (C=O) groups excluding carboxylic acids is 1. The summed E-state index contributed by atoms with van der Waals surface area (Å²) in [7, 11) is 0. The average Bonchev–Trinajstić information content (AvgIpc) is 2.28. The van der Waals surface area contributed by atoms with Gasteiger partial charge in [0.05, 0.1) is 18.7 Å². The third-order valence-electron chi connectivity index (χ3n) is 2.01. The Kier molecular flexibility index (Phi) is 4.68. The summed E-state index contributed by atoms with van der Waals surface area (Å²) in [6.45, 7) is 1.42. The van der Waals surface area contributed by atoms with Crippen LogP contribution in [0.15, 0.2) is 18.2 Å². The van der Waals surface area contributed by atoms with E-state index < -0.39 is 18.9 Å². The largest absolute Gasteiger partial charge is 0.462 e. The normalized spacial score (nSPS) is 10.4. The van der Waals surface area contributed by atoms with Crippen LogP contribution in [-0.2, 0) is 4.74 Å². The number of rotatable bonds is 5. The Labute approximate surface area is 97.8 Å². The Balaban J connectivity index is 2.82. The van der Waals surface area contributed by atoms with Crippen LogP contribution in [0.3, 0.4) is 0 Å². The van der Waals surface area contributed by atoms with Gasteiger partial charge in [0.1, 0.15) is 0 Å². The van der Waals surface area contributed by atoms with Crippen molar-refractivity contribution in [2.24, 2.45) is 0 Å². The molecule has 0 unspecified atom stereocenters. The zero-order chi connectivity index (χ0) is 12.8. The van der Waals surface area contributed by atoms with Crippen molar-refractivity contribution in [3.8, 4) is 0 Å². The molecule has 0 radical (unpaired) electrons. The quantitative estimate of drug-likeness (QED) is 0.615. The fraction of sp³-hybridized carbons (Fsp3) is 0.364. The van der Waals surface area contributed by atoms with Crippen molar-refractivity contribution in [3.63, 3.8) is 0 Å². The number of hydrogen-bond donors (Lipinski definition) is 2. The topological polar surface area (TPSA) is 64.3 Å². The maximum Gasteiger partial charge on any atom is 0.340 e. The van der Waals surface area contributed by atoms with Crippen LogP contribution >= 0.6 is 0 Å². The van der Waals surface area contributed by atoms with Crippen LogP contribution in [0.5, 0.6) is 0 Å². The molecule has 0 amide bonds. The Hall–Kier alpha value is -1.85. The van der Waals surface area contributed by atoms with E-state index in [9.17, 15) is 13.6 Å². The summed E-state index contributed by atoms with van der Waals surface area (Å²) in [6, 6.07) is 4.40. The van der Waals surface area contributed by atoms with Gasteiger partial charge in [-0.25, -0.2) is 13.6 Å². The third kappa shape index (κ3) is 3.90. The lowest BCUT2D eigenvalue weighted by Crippen LogP contribution is -2.12. The van der Waals surface area contributed by atoms with Crippen LogP contribution < -0.4 is 11.1 Å². The van der Waals surface area contributed by atoms with E-state index in [1.54, 1.807) is 6.92 Å². The Bertz CT molecular complexity index is 397. The summed E-state index contributed by atoms with van der Waals surface area (Å²) in [4.78, 5) is 11.5. The number of nitrogens with one attached hydrogen (secondary N) is 1. The molecule has 0 atom stereocenters. The third-order valence-corrected chi connectivity index (χ3v) is 2.01. The lowest BCUT2D eigenvalue weighted by molar-refractivity contribution is 0.0527. The fourth-order valence-corrected chi connectivity index (χ4v) is 1.25. The molecule has 6 heteroatoms. The lowest BCUT2D eigenvalue weighted by Gasteiger charge is -2.09. The molecule has 0 aliphatic heterocycles.